The van der Waals surface area contributed by atoms with Gasteiger partial charge in [-0.25, -0.2) is 4.57 Å². The molecule has 0 saturated carbocycles. The molecule has 256 valence electrons. The summed E-state index contributed by atoms with van der Waals surface area (Å²) >= 11 is 0. The standard InChI is InChI=1S/C36H60NO7P/c1-3-5-7-8-9-10-11-12-13-14-15-16-17-18-19-20-21-22-23-24-25-26-27-28-31-41-33-35(44-36(38)29-6-4-2)34-43-45(39,40)42-32-30-37/h5,7,9-10,12-13,15-16,18-19,21-22,24-25,35H,3-4,6,8,11,14,17,20,23,26-34,37H2,1-2H3,(H,39,40)/b7-5-,10-9-,13-12-,16-15-,19-18-,22-21-,25-24-. The van der Waals surface area contributed by atoms with Gasteiger partial charge >= 0.3 is 13.8 Å². The zero-order chi connectivity index (χ0) is 33.1. The summed E-state index contributed by atoms with van der Waals surface area (Å²) in [5, 5.41) is 0. The summed E-state index contributed by atoms with van der Waals surface area (Å²) in [7, 11) is -4.26. The van der Waals surface area contributed by atoms with E-state index in [4.69, 9.17) is 24.3 Å². The van der Waals surface area contributed by atoms with Crippen LogP contribution in [0.3, 0.4) is 0 Å². The number of hydrogen-bond acceptors (Lipinski definition) is 7. The van der Waals surface area contributed by atoms with Crippen LogP contribution in [0.5, 0.6) is 0 Å². The number of rotatable bonds is 30. The van der Waals surface area contributed by atoms with Gasteiger partial charge in [-0.3, -0.25) is 13.8 Å². The van der Waals surface area contributed by atoms with Crippen molar-refractivity contribution in [3.8, 4) is 0 Å². The van der Waals surface area contributed by atoms with Gasteiger partial charge in [0.25, 0.3) is 0 Å². The fourth-order valence-corrected chi connectivity index (χ4v) is 4.42. The minimum Gasteiger partial charge on any atom is -0.457 e. The van der Waals surface area contributed by atoms with Gasteiger partial charge in [-0.05, 0) is 70.6 Å². The summed E-state index contributed by atoms with van der Waals surface area (Å²) < 4.78 is 32.6. The first-order chi connectivity index (χ1) is 21.9. The van der Waals surface area contributed by atoms with Crippen molar-refractivity contribution in [1.29, 1.82) is 0 Å². The van der Waals surface area contributed by atoms with Crippen molar-refractivity contribution in [3.63, 3.8) is 0 Å². The number of carbonyl (C=O) groups is 1. The van der Waals surface area contributed by atoms with E-state index in [2.05, 4.69) is 92.0 Å². The highest BCUT2D eigenvalue weighted by atomic mass is 31.2. The molecule has 0 aromatic heterocycles. The van der Waals surface area contributed by atoms with Crippen LogP contribution in [0.1, 0.15) is 97.3 Å². The predicted molar refractivity (Wildman–Crippen MR) is 187 cm³/mol. The smallest absolute Gasteiger partial charge is 0.457 e. The van der Waals surface area contributed by atoms with Crippen LogP contribution in [0.25, 0.3) is 0 Å². The van der Waals surface area contributed by atoms with E-state index >= 15 is 0 Å². The molecule has 0 radical (unpaired) electrons. The number of nitrogens with two attached hydrogens (primary N) is 1. The quantitative estimate of drug-likeness (QED) is 0.0343. The van der Waals surface area contributed by atoms with Crippen LogP contribution in [-0.4, -0.2) is 49.9 Å². The Kier molecular flexibility index (Phi) is 31.4. The Balaban J connectivity index is 3.96. The van der Waals surface area contributed by atoms with Crippen LogP contribution in [0, 0.1) is 0 Å². The van der Waals surface area contributed by atoms with Gasteiger partial charge in [0.1, 0.15) is 6.10 Å². The third-order valence-corrected chi connectivity index (χ3v) is 7.06. The van der Waals surface area contributed by atoms with Gasteiger partial charge in [0.05, 0.1) is 19.8 Å². The number of hydrogen-bond donors (Lipinski definition) is 2. The zero-order valence-electron chi connectivity index (χ0n) is 27.8. The molecule has 0 amide bonds. The minimum absolute atomic E-state index is 0.0767. The molecule has 0 saturated heterocycles. The summed E-state index contributed by atoms with van der Waals surface area (Å²) in [4.78, 5) is 21.7. The third kappa shape index (κ3) is 32.9. The number of carbonyl (C=O) groups excluding carboxylic acids is 1. The van der Waals surface area contributed by atoms with E-state index in [9.17, 15) is 14.3 Å². The second-order valence-corrected chi connectivity index (χ2v) is 11.7. The minimum atomic E-state index is -4.26. The van der Waals surface area contributed by atoms with Crippen LogP contribution in [-0.2, 0) is 27.9 Å². The van der Waals surface area contributed by atoms with E-state index in [1.807, 2.05) is 6.92 Å². The molecule has 9 heteroatoms. The van der Waals surface area contributed by atoms with Crippen molar-refractivity contribution in [2.75, 3.05) is 33.0 Å². The molecule has 0 aliphatic carbocycles. The first kappa shape index (κ1) is 42.7. The molecule has 0 spiro atoms. The Morgan fingerprint density at radius 1 is 0.689 bits per heavy atom. The van der Waals surface area contributed by atoms with Gasteiger partial charge in [0.2, 0.25) is 0 Å². The summed E-state index contributed by atoms with van der Waals surface area (Å²) in [5.41, 5.74) is 5.29. The Labute approximate surface area is 273 Å². The molecule has 0 rings (SSSR count). The molecular formula is C36H60NO7P. The number of unbranched alkanes of at least 4 members (excludes halogenated alkanes) is 3. The number of esters is 1. The number of phosphoric ester groups is 1. The molecule has 0 heterocycles. The van der Waals surface area contributed by atoms with Crippen LogP contribution in [0.4, 0.5) is 0 Å². The van der Waals surface area contributed by atoms with Gasteiger partial charge in [0, 0.05) is 19.6 Å². The summed E-state index contributed by atoms with van der Waals surface area (Å²) in [6.45, 7) is 4.38. The van der Waals surface area contributed by atoms with E-state index in [1.165, 1.54) is 0 Å². The Bertz CT molecular complexity index is 953. The Morgan fingerprint density at radius 2 is 1.20 bits per heavy atom. The molecule has 0 aliphatic rings. The molecule has 0 bridgehead atoms. The maximum absolute atomic E-state index is 12.0. The topological polar surface area (TPSA) is 117 Å². The van der Waals surface area contributed by atoms with Crippen molar-refractivity contribution in [1.82, 2.24) is 0 Å². The predicted octanol–water partition coefficient (Wildman–Crippen LogP) is 9.01. The number of allylic oxidation sites excluding steroid dienone is 14. The molecule has 0 aromatic rings. The van der Waals surface area contributed by atoms with E-state index in [-0.39, 0.29) is 38.8 Å². The highest BCUT2D eigenvalue weighted by molar-refractivity contribution is 7.47. The molecule has 0 aliphatic heterocycles. The summed E-state index contributed by atoms with van der Waals surface area (Å²) in [6.07, 6.45) is 41.5. The molecular weight excluding hydrogens is 589 g/mol. The average Bonchev–Trinajstić information content (AvgIpc) is 3.03. The largest absolute Gasteiger partial charge is 0.472 e. The van der Waals surface area contributed by atoms with Crippen molar-refractivity contribution in [2.24, 2.45) is 5.73 Å². The van der Waals surface area contributed by atoms with Crippen molar-refractivity contribution in [3.05, 3.63) is 85.1 Å². The summed E-state index contributed by atoms with van der Waals surface area (Å²) in [6, 6.07) is 0. The lowest BCUT2D eigenvalue weighted by Crippen LogP contribution is -2.28. The van der Waals surface area contributed by atoms with Gasteiger partial charge < -0.3 is 20.1 Å². The number of phosphoric acid groups is 1. The molecule has 0 fully saturated rings. The lowest BCUT2D eigenvalue weighted by molar-refractivity contribution is -0.154. The molecule has 2 unspecified atom stereocenters. The lowest BCUT2D eigenvalue weighted by Gasteiger charge is -2.20. The van der Waals surface area contributed by atoms with Crippen LogP contribution >= 0.6 is 7.82 Å². The monoisotopic (exact) mass is 649 g/mol. The second-order valence-electron chi connectivity index (χ2n) is 10.3. The SMILES string of the molecule is CC/C=C\C/C=C\C/C=C\C/C=C\C/C=C\C/C=C\C/C=C\CCCCOCC(COP(=O)(O)OCCN)OC(=O)CCCC. The molecule has 3 N–H and O–H groups in total. The second kappa shape index (κ2) is 33.1. The maximum atomic E-state index is 12.0. The zero-order valence-corrected chi connectivity index (χ0v) is 28.7. The van der Waals surface area contributed by atoms with Crippen molar-refractivity contribution in [2.45, 2.75) is 103 Å². The summed E-state index contributed by atoms with van der Waals surface area (Å²) in [5.74, 6) is -0.387. The van der Waals surface area contributed by atoms with Crippen LogP contribution in [0.15, 0.2) is 85.1 Å². The first-order valence-electron chi connectivity index (χ1n) is 16.6. The van der Waals surface area contributed by atoms with Crippen molar-refractivity contribution >= 4 is 13.8 Å². The Hall–Kier alpha value is -2.32. The van der Waals surface area contributed by atoms with Gasteiger partial charge in [0.15, 0.2) is 0 Å². The van der Waals surface area contributed by atoms with Crippen LogP contribution < -0.4 is 5.73 Å². The fourth-order valence-electron chi connectivity index (χ4n) is 3.66. The fraction of sp³-hybridized carbons (Fsp3) is 0.583. The highest BCUT2D eigenvalue weighted by Crippen LogP contribution is 2.43. The van der Waals surface area contributed by atoms with Gasteiger partial charge in [-0.2, -0.15) is 0 Å². The third-order valence-electron chi connectivity index (χ3n) is 6.08. The van der Waals surface area contributed by atoms with Gasteiger partial charge in [-0.15, -0.1) is 0 Å². The lowest BCUT2D eigenvalue weighted by atomic mass is 10.2. The van der Waals surface area contributed by atoms with Gasteiger partial charge in [-0.1, -0.05) is 105 Å². The average molecular weight is 650 g/mol. The number of ether oxygens (including phenoxy) is 2. The normalized spacial score (nSPS) is 14.8. The first-order valence-corrected chi connectivity index (χ1v) is 18.1. The molecule has 8 nitrogen and oxygen atoms in total. The van der Waals surface area contributed by atoms with Crippen LogP contribution in [0.2, 0.25) is 0 Å². The van der Waals surface area contributed by atoms with Crippen molar-refractivity contribution < 1.29 is 32.8 Å². The Morgan fingerprint density at radius 3 is 1.69 bits per heavy atom. The maximum Gasteiger partial charge on any atom is 0.472 e. The molecule has 0 aromatic carbocycles. The van der Waals surface area contributed by atoms with E-state index < -0.39 is 13.9 Å². The highest BCUT2D eigenvalue weighted by Gasteiger charge is 2.25. The van der Waals surface area contributed by atoms with E-state index in [0.717, 1.165) is 70.6 Å². The van der Waals surface area contributed by atoms with E-state index in [0.29, 0.717) is 13.0 Å². The van der Waals surface area contributed by atoms with E-state index in [1.54, 1.807) is 0 Å². The molecule has 2 atom stereocenters. The molecule has 45 heavy (non-hydrogen) atoms.